The Morgan fingerprint density at radius 3 is 2.55 bits per heavy atom. The summed E-state index contributed by atoms with van der Waals surface area (Å²) in [7, 11) is 0. The smallest absolute Gasteiger partial charge is 0.275 e. The van der Waals surface area contributed by atoms with Crippen LogP contribution in [0, 0.1) is 5.82 Å². The first-order valence-electron chi connectivity index (χ1n) is 12.0. The van der Waals surface area contributed by atoms with Gasteiger partial charge in [-0.3, -0.25) is 9.20 Å². The fourth-order valence-electron chi connectivity index (χ4n) is 4.19. The first-order chi connectivity index (χ1) is 18.3. The Hall–Kier alpha value is -4.99. The number of nitrogens with one attached hydrogen (secondary N) is 1. The van der Waals surface area contributed by atoms with Crippen LogP contribution < -0.4 is 5.32 Å². The summed E-state index contributed by atoms with van der Waals surface area (Å²) in [6.07, 6.45) is 4.94. The zero-order valence-electron chi connectivity index (χ0n) is 20.9. The van der Waals surface area contributed by atoms with Gasteiger partial charge in [-0.15, -0.1) is 0 Å². The fraction of sp³-hybridized carbons (Fsp3) is 0.143. The van der Waals surface area contributed by atoms with Crippen molar-refractivity contribution in [2.75, 3.05) is 5.32 Å². The normalized spacial score (nSPS) is 11.8. The average Bonchev–Trinajstić information content (AvgIpc) is 3.49. The Labute approximate surface area is 217 Å². The second kappa shape index (κ2) is 8.84. The fourth-order valence-corrected chi connectivity index (χ4v) is 4.19. The highest BCUT2D eigenvalue weighted by Gasteiger charge is 2.20. The van der Waals surface area contributed by atoms with Gasteiger partial charge >= 0.3 is 0 Å². The van der Waals surface area contributed by atoms with Crippen molar-refractivity contribution < 1.29 is 9.18 Å². The van der Waals surface area contributed by atoms with Gasteiger partial charge in [0, 0.05) is 22.9 Å². The van der Waals surface area contributed by atoms with Gasteiger partial charge in [0.1, 0.15) is 34.9 Å². The number of benzene rings is 1. The molecule has 38 heavy (non-hydrogen) atoms. The molecule has 6 rings (SSSR count). The lowest BCUT2D eigenvalue weighted by atomic mass is 9.91. The van der Waals surface area contributed by atoms with Crippen LogP contribution in [0.3, 0.4) is 0 Å². The van der Waals surface area contributed by atoms with E-state index in [9.17, 15) is 9.18 Å². The molecule has 0 spiro atoms. The molecule has 6 aromatic rings. The highest BCUT2D eigenvalue weighted by Crippen LogP contribution is 2.32. The van der Waals surface area contributed by atoms with E-state index in [1.54, 1.807) is 28.9 Å². The maximum absolute atomic E-state index is 13.6. The van der Waals surface area contributed by atoms with Gasteiger partial charge in [-0.1, -0.05) is 26.8 Å². The summed E-state index contributed by atoms with van der Waals surface area (Å²) in [6, 6.07) is 17.3. The Morgan fingerprint density at radius 1 is 0.947 bits per heavy atom. The van der Waals surface area contributed by atoms with Gasteiger partial charge in [0.2, 0.25) is 0 Å². The lowest BCUT2D eigenvalue weighted by Gasteiger charge is -2.17. The summed E-state index contributed by atoms with van der Waals surface area (Å²) in [5.41, 5.74) is 4.93. The van der Waals surface area contributed by atoms with E-state index in [0.717, 1.165) is 22.6 Å². The molecule has 0 aliphatic heterocycles. The molecule has 0 bridgehead atoms. The molecule has 0 radical (unpaired) electrons. The molecule has 0 aliphatic carbocycles. The molecule has 0 atom stereocenters. The Bertz CT molecular complexity index is 1820. The number of anilines is 1. The lowest BCUT2D eigenvalue weighted by Crippen LogP contribution is -2.18. The average molecular weight is 507 g/mol. The number of carbonyl (C=O) groups excluding carboxylic acids is 1. The maximum Gasteiger partial charge on any atom is 0.275 e. The summed E-state index contributed by atoms with van der Waals surface area (Å²) < 4.78 is 17.1. The molecule has 188 valence electrons. The van der Waals surface area contributed by atoms with E-state index in [1.807, 2.05) is 61.7 Å². The number of carbonyl (C=O) groups is 1. The second-order valence-corrected chi connectivity index (χ2v) is 9.88. The number of fused-ring (bicyclic) bond motifs is 2. The molecule has 1 N–H and O–H groups in total. The van der Waals surface area contributed by atoms with E-state index in [0.29, 0.717) is 22.9 Å². The number of aromatic nitrogens is 7. The third-order valence-corrected chi connectivity index (χ3v) is 6.12. The maximum atomic E-state index is 13.6. The third kappa shape index (κ3) is 4.26. The number of imidazole rings is 2. The Balaban J connectivity index is 1.37. The highest BCUT2D eigenvalue weighted by atomic mass is 19.1. The molecule has 9 nitrogen and oxygen atoms in total. The van der Waals surface area contributed by atoms with Crippen LogP contribution in [-0.2, 0) is 5.41 Å². The van der Waals surface area contributed by atoms with Crippen molar-refractivity contribution in [1.29, 1.82) is 0 Å². The first-order valence-corrected chi connectivity index (χ1v) is 12.0. The van der Waals surface area contributed by atoms with Crippen molar-refractivity contribution in [3.63, 3.8) is 0 Å². The second-order valence-electron chi connectivity index (χ2n) is 9.88. The van der Waals surface area contributed by atoms with E-state index in [4.69, 9.17) is 10.1 Å². The topological polar surface area (TPSA) is 102 Å². The van der Waals surface area contributed by atoms with Crippen molar-refractivity contribution >= 4 is 23.0 Å². The van der Waals surface area contributed by atoms with Crippen molar-refractivity contribution in [2.24, 2.45) is 0 Å². The standard InChI is InChI=1S/C28H23FN8O/c1-28(2,3)21-14-20(30-16-31-21)27(38)33-22-15-37-24(32-22)12-11-19(35-37)26-25(17-7-9-18(29)10-8-17)34-23-6-4-5-13-36(23)26/h4-16H,1-3H3,(H,33,38). The van der Waals surface area contributed by atoms with E-state index in [1.165, 1.54) is 18.5 Å². The van der Waals surface area contributed by atoms with Gasteiger partial charge in [-0.25, -0.2) is 28.8 Å². The largest absolute Gasteiger partial charge is 0.304 e. The molecule has 0 saturated carbocycles. The quantitative estimate of drug-likeness (QED) is 0.353. The van der Waals surface area contributed by atoms with Gasteiger partial charge in [-0.05, 0) is 54.6 Å². The number of pyridine rings is 1. The van der Waals surface area contributed by atoms with Crippen LogP contribution >= 0.6 is 0 Å². The Kier molecular flexibility index (Phi) is 5.45. The number of amides is 1. The molecule has 0 saturated heterocycles. The van der Waals surface area contributed by atoms with Crippen molar-refractivity contribution in [3.8, 4) is 22.6 Å². The van der Waals surface area contributed by atoms with Crippen molar-refractivity contribution in [3.05, 3.63) is 96.6 Å². The summed E-state index contributed by atoms with van der Waals surface area (Å²) in [5.74, 6) is -0.363. The SMILES string of the molecule is CC(C)(C)c1cc(C(=O)Nc2cn3nc(-c4c(-c5ccc(F)cc5)nc5ccccn45)ccc3n2)ncn1. The minimum atomic E-state index is -0.387. The lowest BCUT2D eigenvalue weighted by molar-refractivity contribution is 0.102. The minimum absolute atomic E-state index is 0.216. The van der Waals surface area contributed by atoms with E-state index in [-0.39, 0.29) is 22.8 Å². The number of hydrogen-bond donors (Lipinski definition) is 1. The summed E-state index contributed by atoms with van der Waals surface area (Å²) in [4.78, 5) is 30.5. The van der Waals surface area contributed by atoms with Gasteiger partial charge in [0.05, 0.1) is 11.9 Å². The van der Waals surface area contributed by atoms with Crippen molar-refractivity contribution in [2.45, 2.75) is 26.2 Å². The molecule has 1 amide bonds. The van der Waals surface area contributed by atoms with Crippen molar-refractivity contribution in [1.82, 2.24) is 34.0 Å². The van der Waals surface area contributed by atoms with Gasteiger partial charge in [0.25, 0.3) is 5.91 Å². The van der Waals surface area contributed by atoms with Crippen LogP contribution in [0.5, 0.6) is 0 Å². The third-order valence-electron chi connectivity index (χ3n) is 6.12. The van der Waals surface area contributed by atoms with Crippen LogP contribution in [0.4, 0.5) is 10.2 Å². The predicted molar refractivity (Wildman–Crippen MR) is 141 cm³/mol. The molecule has 1 aromatic carbocycles. The summed E-state index contributed by atoms with van der Waals surface area (Å²) in [5, 5.41) is 7.56. The van der Waals surface area contributed by atoms with E-state index < -0.39 is 0 Å². The molecule has 0 unspecified atom stereocenters. The molecular weight excluding hydrogens is 483 g/mol. The van der Waals surface area contributed by atoms with Crippen LogP contribution in [0.2, 0.25) is 0 Å². The number of rotatable bonds is 4. The monoisotopic (exact) mass is 506 g/mol. The summed E-state index contributed by atoms with van der Waals surface area (Å²) >= 11 is 0. The minimum Gasteiger partial charge on any atom is -0.304 e. The molecule has 0 aliphatic rings. The van der Waals surface area contributed by atoms with Crippen LogP contribution in [-0.4, -0.2) is 39.9 Å². The zero-order chi connectivity index (χ0) is 26.4. The molecule has 5 heterocycles. The first kappa shape index (κ1) is 23.4. The van der Waals surface area contributed by atoms with Crippen LogP contribution in [0.1, 0.15) is 37.0 Å². The van der Waals surface area contributed by atoms with Crippen LogP contribution in [0.15, 0.2) is 79.4 Å². The molecule has 0 fully saturated rings. The van der Waals surface area contributed by atoms with Gasteiger partial charge < -0.3 is 5.32 Å². The van der Waals surface area contributed by atoms with E-state index in [2.05, 4.69) is 20.3 Å². The van der Waals surface area contributed by atoms with E-state index >= 15 is 0 Å². The zero-order valence-corrected chi connectivity index (χ0v) is 20.9. The molecule has 5 aromatic heterocycles. The number of nitrogens with zero attached hydrogens (tertiary/aromatic N) is 7. The number of hydrogen-bond acceptors (Lipinski definition) is 6. The van der Waals surface area contributed by atoms with Crippen LogP contribution in [0.25, 0.3) is 33.9 Å². The van der Waals surface area contributed by atoms with Gasteiger partial charge in [0.15, 0.2) is 11.5 Å². The predicted octanol–water partition coefficient (Wildman–Crippen LogP) is 5.19. The van der Waals surface area contributed by atoms with Gasteiger partial charge in [-0.2, -0.15) is 5.10 Å². The summed E-state index contributed by atoms with van der Waals surface area (Å²) in [6.45, 7) is 6.06. The molecule has 10 heteroatoms. The highest BCUT2D eigenvalue weighted by molar-refractivity contribution is 6.02. The Morgan fingerprint density at radius 2 is 1.76 bits per heavy atom. The number of halogens is 1. The molecular formula is C28H23FN8O.